The van der Waals surface area contributed by atoms with Crippen LogP contribution in [0.2, 0.25) is 0 Å². The Morgan fingerprint density at radius 1 is 0.957 bits per heavy atom. The Morgan fingerprint density at radius 3 is 2.35 bits per heavy atom. The van der Waals surface area contributed by atoms with Crippen LogP contribution in [0, 0.1) is 0 Å². The normalized spacial score (nSPS) is 11.9. The summed E-state index contributed by atoms with van der Waals surface area (Å²) in [4.78, 5) is 27.7. The maximum absolute atomic E-state index is 12.1. The third-order valence-corrected chi connectivity index (χ3v) is 3.72. The fraction of sp³-hybridized carbons (Fsp3) is 0.167. The van der Waals surface area contributed by atoms with E-state index in [-0.39, 0.29) is 5.91 Å². The molecule has 0 unspecified atom stereocenters. The number of fused-ring (bicyclic) bond motifs is 3. The fourth-order valence-corrected chi connectivity index (χ4v) is 2.72. The zero-order chi connectivity index (χ0) is 16.6. The van der Waals surface area contributed by atoms with Crippen molar-refractivity contribution in [2.45, 2.75) is 20.8 Å². The SMILES string of the molecule is CC(=O)ON=C(C)c1ccc2c3ccccc3n(C(C)=O)c2c1. The van der Waals surface area contributed by atoms with Gasteiger partial charge in [-0.05, 0) is 19.1 Å². The number of benzene rings is 2. The second-order valence-electron chi connectivity index (χ2n) is 5.36. The summed E-state index contributed by atoms with van der Waals surface area (Å²) in [6, 6.07) is 13.5. The van der Waals surface area contributed by atoms with Gasteiger partial charge in [-0.15, -0.1) is 0 Å². The van der Waals surface area contributed by atoms with Crippen molar-refractivity contribution in [3.8, 4) is 0 Å². The third-order valence-electron chi connectivity index (χ3n) is 3.72. The minimum atomic E-state index is -0.469. The average molecular weight is 308 g/mol. The molecule has 5 nitrogen and oxygen atoms in total. The molecule has 0 radical (unpaired) electrons. The van der Waals surface area contributed by atoms with Crippen molar-refractivity contribution in [1.29, 1.82) is 0 Å². The van der Waals surface area contributed by atoms with Gasteiger partial charge in [-0.25, -0.2) is 4.79 Å². The number of para-hydroxylation sites is 1. The number of oxime groups is 1. The summed E-state index contributed by atoms with van der Waals surface area (Å²) in [6.45, 7) is 4.59. The van der Waals surface area contributed by atoms with Crippen LogP contribution in [0.4, 0.5) is 0 Å². The monoisotopic (exact) mass is 308 g/mol. The van der Waals surface area contributed by atoms with Gasteiger partial charge in [-0.3, -0.25) is 9.36 Å². The molecular weight excluding hydrogens is 292 g/mol. The van der Waals surface area contributed by atoms with Gasteiger partial charge in [-0.1, -0.05) is 35.5 Å². The zero-order valence-electron chi connectivity index (χ0n) is 13.2. The molecule has 3 aromatic rings. The topological polar surface area (TPSA) is 60.7 Å². The number of nitrogens with zero attached hydrogens (tertiary/aromatic N) is 2. The standard InChI is InChI=1S/C18H16N2O3/c1-11(19-23-13(3)22)14-8-9-16-15-6-4-5-7-17(15)20(12(2)21)18(16)10-14/h4-10H,1-3H3. The number of hydrogen-bond acceptors (Lipinski definition) is 4. The van der Waals surface area contributed by atoms with E-state index in [2.05, 4.69) is 9.99 Å². The van der Waals surface area contributed by atoms with Crippen LogP contribution >= 0.6 is 0 Å². The van der Waals surface area contributed by atoms with Gasteiger partial charge in [0.15, 0.2) is 0 Å². The summed E-state index contributed by atoms with van der Waals surface area (Å²) < 4.78 is 1.69. The van der Waals surface area contributed by atoms with Crippen LogP contribution in [-0.4, -0.2) is 22.2 Å². The summed E-state index contributed by atoms with van der Waals surface area (Å²) in [5.74, 6) is -0.522. The van der Waals surface area contributed by atoms with E-state index in [0.29, 0.717) is 5.71 Å². The molecule has 3 rings (SSSR count). The molecule has 0 N–H and O–H groups in total. The zero-order valence-corrected chi connectivity index (χ0v) is 13.2. The molecule has 0 saturated carbocycles. The lowest BCUT2D eigenvalue weighted by atomic mass is 10.1. The summed E-state index contributed by atoms with van der Waals surface area (Å²) >= 11 is 0. The van der Waals surface area contributed by atoms with Crippen LogP contribution in [0.3, 0.4) is 0 Å². The minimum absolute atomic E-state index is 0.0528. The number of aromatic nitrogens is 1. The Bertz CT molecular complexity index is 967. The molecule has 23 heavy (non-hydrogen) atoms. The van der Waals surface area contributed by atoms with Gasteiger partial charge < -0.3 is 4.84 Å². The van der Waals surface area contributed by atoms with Crippen LogP contribution in [0.1, 0.15) is 31.1 Å². The van der Waals surface area contributed by atoms with Crippen molar-refractivity contribution in [1.82, 2.24) is 4.57 Å². The van der Waals surface area contributed by atoms with Crippen LogP contribution in [-0.2, 0) is 9.63 Å². The van der Waals surface area contributed by atoms with Crippen LogP contribution < -0.4 is 0 Å². The quantitative estimate of drug-likeness (QED) is 0.411. The first-order valence-electron chi connectivity index (χ1n) is 7.25. The molecule has 0 saturated heterocycles. The van der Waals surface area contributed by atoms with Crippen LogP contribution in [0.15, 0.2) is 47.6 Å². The molecule has 0 aliphatic rings. The lowest BCUT2D eigenvalue weighted by molar-refractivity contribution is -0.140. The molecule has 0 amide bonds. The van der Waals surface area contributed by atoms with Crippen molar-refractivity contribution in [2.24, 2.45) is 5.16 Å². The Labute approximate surface area is 133 Å². The predicted molar refractivity (Wildman–Crippen MR) is 89.7 cm³/mol. The predicted octanol–water partition coefficient (Wildman–Crippen LogP) is 3.74. The van der Waals surface area contributed by atoms with Gasteiger partial charge in [-0.2, -0.15) is 0 Å². The molecule has 116 valence electrons. The highest BCUT2D eigenvalue weighted by Gasteiger charge is 2.14. The Morgan fingerprint density at radius 2 is 1.65 bits per heavy atom. The largest absolute Gasteiger partial charge is 0.331 e. The van der Waals surface area contributed by atoms with E-state index in [1.54, 1.807) is 18.4 Å². The van der Waals surface area contributed by atoms with E-state index in [9.17, 15) is 9.59 Å². The highest BCUT2D eigenvalue weighted by molar-refractivity contribution is 6.14. The molecule has 0 spiro atoms. The second kappa shape index (κ2) is 5.68. The first-order chi connectivity index (χ1) is 11.0. The van der Waals surface area contributed by atoms with E-state index in [1.165, 1.54) is 6.92 Å². The van der Waals surface area contributed by atoms with E-state index < -0.39 is 5.97 Å². The average Bonchev–Trinajstić information content (AvgIpc) is 2.86. The van der Waals surface area contributed by atoms with E-state index >= 15 is 0 Å². The Kier molecular flexibility index (Phi) is 3.70. The number of rotatable bonds is 2. The lowest BCUT2D eigenvalue weighted by Gasteiger charge is -2.04. The van der Waals surface area contributed by atoms with Gasteiger partial charge in [0.05, 0.1) is 16.7 Å². The summed E-state index contributed by atoms with van der Waals surface area (Å²) in [6.07, 6.45) is 0. The van der Waals surface area contributed by atoms with Crippen molar-refractivity contribution in [2.75, 3.05) is 0 Å². The van der Waals surface area contributed by atoms with Gasteiger partial charge in [0.25, 0.3) is 0 Å². The second-order valence-corrected chi connectivity index (χ2v) is 5.36. The minimum Gasteiger partial charge on any atom is -0.318 e. The molecule has 0 bridgehead atoms. The van der Waals surface area contributed by atoms with E-state index in [4.69, 9.17) is 0 Å². The molecule has 1 heterocycles. The maximum Gasteiger partial charge on any atom is 0.331 e. The fourth-order valence-electron chi connectivity index (χ4n) is 2.72. The van der Waals surface area contributed by atoms with Crippen molar-refractivity contribution in [3.05, 3.63) is 48.0 Å². The van der Waals surface area contributed by atoms with Crippen molar-refractivity contribution in [3.63, 3.8) is 0 Å². The first kappa shape index (κ1) is 15.0. The molecule has 5 heteroatoms. The number of carbonyl (C=O) groups excluding carboxylic acids is 2. The highest BCUT2D eigenvalue weighted by atomic mass is 16.7. The summed E-state index contributed by atoms with van der Waals surface area (Å²) in [5.41, 5.74) is 3.06. The molecule has 0 fully saturated rings. The van der Waals surface area contributed by atoms with Gasteiger partial charge in [0.1, 0.15) is 0 Å². The maximum atomic E-state index is 12.1. The van der Waals surface area contributed by atoms with Gasteiger partial charge in [0.2, 0.25) is 5.91 Å². The first-order valence-corrected chi connectivity index (χ1v) is 7.25. The van der Waals surface area contributed by atoms with Gasteiger partial charge in [0, 0.05) is 30.2 Å². The third kappa shape index (κ3) is 2.61. The van der Waals surface area contributed by atoms with E-state index in [0.717, 1.165) is 27.4 Å². The summed E-state index contributed by atoms with van der Waals surface area (Å²) in [5, 5.41) is 5.83. The molecule has 2 aromatic carbocycles. The van der Waals surface area contributed by atoms with Crippen LogP contribution in [0.25, 0.3) is 21.8 Å². The van der Waals surface area contributed by atoms with Gasteiger partial charge >= 0.3 is 5.97 Å². The molecule has 0 aliphatic heterocycles. The van der Waals surface area contributed by atoms with Crippen molar-refractivity contribution < 1.29 is 14.4 Å². The summed E-state index contributed by atoms with van der Waals surface area (Å²) in [7, 11) is 0. The Balaban J connectivity index is 2.25. The highest BCUT2D eigenvalue weighted by Crippen LogP contribution is 2.29. The molecule has 0 atom stereocenters. The van der Waals surface area contributed by atoms with E-state index in [1.807, 2.05) is 42.5 Å². The number of hydrogen-bond donors (Lipinski definition) is 0. The molecular formula is C18H16N2O3. The Hall–Kier alpha value is -2.95. The number of carbonyl (C=O) groups is 2. The van der Waals surface area contributed by atoms with Crippen LogP contribution in [0.5, 0.6) is 0 Å². The molecule has 0 aliphatic carbocycles. The molecule has 1 aromatic heterocycles. The van der Waals surface area contributed by atoms with Crippen molar-refractivity contribution >= 4 is 39.4 Å². The lowest BCUT2D eigenvalue weighted by Crippen LogP contribution is -2.05. The smallest absolute Gasteiger partial charge is 0.318 e.